The molecule has 78 valence electrons. The summed E-state index contributed by atoms with van der Waals surface area (Å²) in [7, 11) is 0. The van der Waals surface area contributed by atoms with E-state index in [0.717, 1.165) is 0 Å². The van der Waals surface area contributed by atoms with Crippen LogP contribution in [0, 0.1) is 0 Å². The summed E-state index contributed by atoms with van der Waals surface area (Å²) in [5.41, 5.74) is 5.40. The first-order valence-electron chi connectivity index (χ1n) is 4.40. The predicted octanol–water partition coefficient (Wildman–Crippen LogP) is 1.27. The Morgan fingerprint density at radius 1 is 1.29 bits per heavy atom. The van der Waals surface area contributed by atoms with Crippen molar-refractivity contribution in [2.75, 3.05) is 6.54 Å². The normalized spacial score (nSPS) is 8.79. The van der Waals surface area contributed by atoms with Gasteiger partial charge in [-0.1, -0.05) is 13.8 Å². The van der Waals surface area contributed by atoms with Crippen LogP contribution in [0.5, 0.6) is 11.5 Å². The van der Waals surface area contributed by atoms with E-state index in [4.69, 9.17) is 15.9 Å². The quantitative estimate of drug-likeness (QED) is 0.492. The van der Waals surface area contributed by atoms with Gasteiger partial charge >= 0.3 is 0 Å². The summed E-state index contributed by atoms with van der Waals surface area (Å²) < 4.78 is 0. The summed E-state index contributed by atoms with van der Waals surface area (Å²) in [6.07, 6.45) is 0. The minimum absolute atomic E-state index is 0.107. The van der Waals surface area contributed by atoms with Gasteiger partial charge < -0.3 is 15.9 Å². The van der Waals surface area contributed by atoms with E-state index in [1.807, 2.05) is 13.8 Å². The van der Waals surface area contributed by atoms with Crippen LogP contribution < -0.4 is 5.73 Å². The number of carbonyl (C=O) groups is 1. The van der Waals surface area contributed by atoms with Gasteiger partial charge in [0.15, 0.2) is 17.3 Å². The Balaban J connectivity index is 0.000000791. The maximum Gasteiger partial charge on any atom is 0.176 e. The lowest BCUT2D eigenvalue weighted by Gasteiger charge is -2.00. The zero-order valence-corrected chi connectivity index (χ0v) is 8.32. The molecular weight excluding hydrogens is 182 g/mol. The molecule has 1 aromatic rings. The molecule has 4 nitrogen and oxygen atoms in total. The summed E-state index contributed by atoms with van der Waals surface area (Å²) in [5.74, 6) is -0.830. The van der Waals surface area contributed by atoms with Gasteiger partial charge in [0.1, 0.15) is 0 Å². The third-order valence-electron chi connectivity index (χ3n) is 1.48. The number of carbonyl (C=O) groups excluding carboxylic acids is 1. The summed E-state index contributed by atoms with van der Waals surface area (Å²) in [6.45, 7) is 3.89. The smallest absolute Gasteiger partial charge is 0.176 e. The third-order valence-corrected chi connectivity index (χ3v) is 1.48. The van der Waals surface area contributed by atoms with E-state index in [0.29, 0.717) is 5.56 Å². The van der Waals surface area contributed by atoms with Crippen molar-refractivity contribution in [2.45, 2.75) is 13.8 Å². The van der Waals surface area contributed by atoms with Gasteiger partial charge in [0.2, 0.25) is 0 Å². The van der Waals surface area contributed by atoms with E-state index < -0.39 is 0 Å². The second kappa shape index (κ2) is 5.99. The second-order valence-corrected chi connectivity index (χ2v) is 2.33. The third kappa shape index (κ3) is 3.06. The average molecular weight is 197 g/mol. The van der Waals surface area contributed by atoms with Crippen LogP contribution in [0.2, 0.25) is 0 Å². The Morgan fingerprint density at radius 2 is 1.86 bits per heavy atom. The van der Waals surface area contributed by atoms with Gasteiger partial charge in [-0.15, -0.1) is 0 Å². The van der Waals surface area contributed by atoms with Crippen molar-refractivity contribution < 1.29 is 15.0 Å². The molecule has 0 spiro atoms. The first-order valence-corrected chi connectivity index (χ1v) is 4.40. The van der Waals surface area contributed by atoms with Crippen LogP contribution in [0.15, 0.2) is 18.2 Å². The van der Waals surface area contributed by atoms with Crippen LogP contribution in [-0.2, 0) is 0 Å². The molecule has 0 radical (unpaired) electrons. The Hall–Kier alpha value is -1.55. The van der Waals surface area contributed by atoms with Gasteiger partial charge in [0, 0.05) is 5.56 Å². The fourth-order valence-corrected chi connectivity index (χ4v) is 0.815. The van der Waals surface area contributed by atoms with Crippen LogP contribution in [0.1, 0.15) is 24.2 Å². The van der Waals surface area contributed by atoms with E-state index in [2.05, 4.69) is 0 Å². The molecule has 0 unspecified atom stereocenters. The Kier molecular flexibility index (Phi) is 5.33. The molecule has 0 aromatic heterocycles. The average Bonchev–Trinajstić information content (AvgIpc) is 2.24. The topological polar surface area (TPSA) is 83.6 Å². The molecule has 0 atom stereocenters. The molecule has 1 aromatic carbocycles. The summed E-state index contributed by atoms with van der Waals surface area (Å²) >= 11 is 0. The zero-order valence-electron chi connectivity index (χ0n) is 8.32. The number of nitrogens with two attached hydrogens (primary N) is 1. The number of rotatable bonds is 2. The first kappa shape index (κ1) is 12.4. The monoisotopic (exact) mass is 197 g/mol. The van der Waals surface area contributed by atoms with Gasteiger partial charge in [-0.05, 0) is 18.2 Å². The van der Waals surface area contributed by atoms with Gasteiger partial charge in [-0.25, -0.2) is 0 Å². The number of hydrogen-bond donors (Lipinski definition) is 3. The van der Waals surface area contributed by atoms with Crippen molar-refractivity contribution in [1.82, 2.24) is 0 Å². The predicted molar refractivity (Wildman–Crippen MR) is 54.5 cm³/mol. The molecule has 4 N–H and O–H groups in total. The number of ketones is 1. The molecule has 0 bridgehead atoms. The fraction of sp³-hybridized carbons (Fsp3) is 0.300. The lowest BCUT2D eigenvalue weighted by molar-refractivity contribution is 0.100. The number of phenols is 2. The number of hydrogen-bond acceptors (Lipinski definition) is 4. The molecule has 14 heavy (non-hydrogen) atoms. The highest BCUT2D eigenvalue weighted by Gasteiger charge is 2.05. The fourth-order valence-electron chi connectivity index (χ4n) is 0.815. The summed E-state index contributed by atoms with van der Waals surface area (Å²) in [4.78, 5) is 11.0. The van der Waals surface area contributed by atoms with Crippen molar-refractivity contribution >= 4 is 5.78 Å². The van der Waals surface area contributed by atoms with E-state index in [9.17, 15) is 4.79 Å². The van der Waals surface area contributed by atoms with Gasteiger partial charge in [0.05, 0.1) is 6.54 Å². The van der Waals surface area contributed by atoms with Crippen molar-refractivity contribution in [3.63, 3.8) is 0 Å². The first-order chi connectivity index (χ1) is 6.65. The minimum atomic E-state index is -0.311. The van der Waals surface area contributed by atoms with Crippen LogP contribution in [0.4, 0.5) is 0 Å². The summed E-state index contributed by atoms with van der Waals surface area (Å²) in [6, 6.07) is 3.84. The highest BCUT2D eigenvalue weighted by molar-refractivity contribution is 5.98. The molecule has 0 saturated heterocycles. The van der Waals surface area contributed by atoms with Crippen LogP contribution in [-0.4, -0.2) is 22.5 Å². The van der Waals surface area contributed by atoms with E-state index >= 15 is 0 Å². The zero-order chi connectivity index (χ0) is 11.1. The van der Waals surface area contributed by atoms with E-state index in [1.54, 1.807) is 0 Å². The number of Topliss-reactive ketones (excluding diaryl/α,β-unsaturated/α-hetero) is 1. The molecule has 0 heterocycles. The Morgan fingerprint density at radius 3 is 2.29 bits per heavy atom. The van der Waals surface area contributed by atoms with Crippen molar-refractivity contribution in [2.24, 2.45) is 5.73 Å². The van der Waals surface area contributed by atoms with Gasteiger partial charge in [-0.2, -0.15) is 0 Å². The second-order valence-electron chi connectivity index (χ2n) is 2.33. The SMILES string of the molecule is CC.NCC(=O)c1ccc(O)c(O)c1. The standard InChI is InChI=1S/C8H9NO3.C2H6/c9-4-8(12)5-1-2-6(10)7(11)3-5;1-2/h1-3,10-11H,4,9H2;1-2H3. The number of aromatic hydroxyl groups is 2. The van der Waals surface area contributed by atoms with Crippen molar-refractivity contribution in [1.29, 1.82) is 0 Å². The molecule has 0 fully saturated rings. The highest BCUT2D eigenvalue weighted by Crippen LogP contribution is 2.24. The Labute approximate surface area is 83.0 Å². The van der Waals surface area contributed by atoms with Crippen molar-refractivity contribution in [3.8, 4) is 11.5 Å². The Bertz CT molecular complexity index is 310. The highest BCUT2D eigenvalue weighted by atomic mass is 16.3. The molecule has 0 aliphatic carbocycles. The minimum Gasteiger partial charge on any atom is -0.504 e. The van der Waals surface area contributed by atoms with Crippen LogP contribution in [0.3, 0.4) is 0 Å². The van der Waals surface area contributed by atoms with E-state index in [-0.39, 0.29) is 23.8 Å². The van der Waals surface area contributed by atoms with Crippen LogP contribution in [0.25, 0.3) is 0 Å². The lowest BCUT2D eigenvalue weighted by Crippen LogP contribution is -2.13. The molecule has 1 rings (SSSR count). The van der Waals surface area contributed by atoms with Gasteiger partial charge in [0.25, 0.3) is 0 Å². The molecular formula is C10H15NO3. The summed E-state index contributed by atoms with van der Waals surface area (Å²) in [5, 5.41) is 17.9. The largest absolute Gasteiger partial charge is 0.504 e. The maximum absolute atomic E-state index is 11.0. The number of benzene rings is 1. The lowest BCUT2D eigenvalue weighted by atomic mass is 10.1. The molecule has 0 saturated carbocycles. The van der Waals surface area contributed by atoms with E-state index in [1.165, 1.54) is 18.2 Å². The number of phenolic OH excluding ortho intramolecular Hbond substituents is 2. The molecule has 0 aliphatic rings. The van der Waals surface area contributed by atoms with Gasteiger partial charge in [-0.3, -0.25) is 4.79 Å². The molecule has 4 heteroatoms. The molecule has 0 aliphatic heterocycles. The maximum atomic E-state index is 11.0. The van der Waals surface area contributed by atoms with Crippen molar-refractivity contribution in [3.05, 3.63) is 23.8 Å². The molecule has 0 amide bonds. The van der Waals surface area contributed by atoms with Crippen LogP contribution >= 0.6 is 0 Å².